The molecular weight excluding hydrogens is 330 g/mol. The number of amides is 2. The molecule has 0 aromatic heterocycles. The van der Waals surface area contributed by atoms with E-state index >= 15 is 0 Å². The molecule has 0 unspecified atom stereocenters. The molecule has 2 aromatic rings. The summed E-state index contributed by atoms with van der Waals surface area (Å²) in [5, 5.41) is 2.39. The first kappa shape index (κ1) is 14.5. The molecule has 20 heavy (non-hydrogen) atoms. The Kier molecular flexibility index (Phi) is 4.34. The number of carbonyl (C=O) groups excluding carboxylic acids is 1. The van der Waals surface area contributed by atoms with Crippen LogP contribution < -0.4 is 10.2 Å². The number of anilines is 2. The SMILES string of the molecule is CN(C(=O)Nc1ccc(F)cc1F)c1cccc(Br)c1. The van der Waals surface area contributed by atoms with Crippen LogP contribution in [0.15, 0.2) is 46.9 Å². The first-order chi connectivity index (χ1) is 9.47. The summed E-state index contributed by atoms with van der Waals surface area (Å²) in [4.78, 5) is 13.3. The van der Waals surface area contributed by atoms with Gasteiger partial charge in [0.05, 0.1) is 5.69 Å². The highest BCUT2D eigenvalue weighted by atomic mass is 79.9. The van der Waals surface area contributed by atoms with Crippen molar-refractivity contribution in [3.05, 3.63) is 58.6 Å². The molecule has 0 fully saturated rings. The smallest absolute Gasteiger partial charge is 0.305 e. The van der Waals surface area contributed by atoms with E-state index in [1.54, 1.807) is 25.2 Å². The van der Waals surface area contributed by atoms with E-state index < -0.39 is 17.7 Å². The highest BCUT2D eigenvalue weighted by Gasteiger charge is 2.13. The van der Waals surface area contributed by atoms with E-state index in [4.69, 9.17) is 0 Å². The number of hydrogen-bond donors (Lipinski definition) is 1. The van der Waals surface area contributed by atoms with Crippen LogP contribution in [0.2, 0.25) is 0 Å². The Balaban J connectivity index is 2.15. The van der Waals surface area contributed by atoms with Crippen molar-refractivity contribution in [3.63, 3.8) is 0 Å². The van der Waals surface area contributed by atoms with Gasteiger partial charge in [0.25, 0.3) is 0 Å². The molecule has 3 nitrogen and oxygen atoms in total. The Morgan fingerprint density at radius 1 is 1.20 bits per heavy atom. The van der Waals surface area contributed by atoms with Crippen molar-refractivity contribution in [2.24, 2.45) is 0 Å². The normalized spacial score (nSPS) is 10.2. The predicted octanol–water partition coefficient (Wildman–Crippen LogP) is 4.40. The van der Waals surface area contributed by atoms with Gasteiger partial charge in [-0.2, -0.15) is 0 Å². The number of nitrogens with zero attached hydrogens (tertiary/aromatic N) is 1. The van der Waals surface area contributed by atoms with Crippen molar-refractivity contribution in [2.75, 3.05) is 17.3 Å². The highest BCUT2D eigenvalue weighted by Crippen LogP contribution is 2.20. The fourth-order valence-electron chi connectivity index (χ4n) is 1.59. The maximum Gasteiger partial charge on any atom is 0.326 e. The van der Waals surface area contributed by atoms with Gasteiger partial charge in [0, 0.05) is 23.3 Å². The molecule has 0 atom stereocenters. The third-order valence-corrected chi connectivity index (χ3v) is 3.17. The fourth-order valence-corrected chi connectivity index (χ4v) is 1.98. The molecule has 104 valence electrons. The summed E-state index contributed by atoms with van der Waals surface area (Å²) in [6.45, 7) is 0. The summed E-state index contributed by atoms with van der Waals surface area (Å²) < 4.78 is 27.1. The minimum Gasteiger partial charge on any atom is -0.305 e. The van der Waals surface area contributed by atoms with Crippen LogP contribution in [0.5, 0.6) is 0 Å². The number of hydrogen-bond acceptors (Lipinski definition) is 1. The van der Waals surface area contributed by atoms with E-state index in [1.807, 2.05) is 6.07 Å². The lowest BCUT2D eigenvalue weighted by Gasteiger charge is -2.18. The van der Waals surface area contributed by atoms with Crippen LogP contribution >= 0.6 is 15.9 Å². The summed E-state index contributed by atoms with van der Waals surface area (Å²) in [7, 11) is 1.55. The molecule has 2 rings (SSSR count). The lowest BCUT2D eigenvalue weighted by Crippen LogP contribution is -2.31. The van der Waals surface area contributed by atoms with Crippen LogP contribution in [-0.2, 0) is 0 Å². The number of carbonyl (C=O) groups is 1. The van der Waals surface area contributed by atoms with Gasteiger partial charge in [0.15, 0.2) is 0 Å². The number of rotatable bonds is 2. The first-order valence-electron chi connectivity index (χ1n) is 5.72. The standard InChI is InChI=1S/C14H11BrF2N2O/c1-19(11-4-2-3-9(15)7-11)14(20)18-13-6-5-10(16)8-12(13)17/h2-8H,1H3,(H,18,20). The summed E-state index contributed by atoms with van der Waals surface area (Å²) in [5.74, 6) is -1.51. The Labute approximate surface area is 123 Å². The molecule has 0 saturated carbocycles. The van der Waals surface area contributed by atoms with Crippen LogP contribution in [-0.4, -0.2) is 13.1 Å². The topological polar surface area (TPSA) is 32.3 Å². The molecule has 0 heterocycles. The van der Waals surface area contributed by atoms with E-state index in [9.17, 15) is 13.6 Å². The third kappa shape index (κ3) is 3.33. The molecule has 2 aromatic carbocycles. The lowest BCUT2D eigenvalue weighted by molar-refractivity contribution is 0.258. The third-order valence-electron chi connectivity index (χ3n) is 2.67. The minimum absolute atomic E-state index is 0.0711. The predicted molar refractivity (Wildman–Crippen MR) is 77.9 cm³/mol. The van der Waals surface area contributed by atoms with Gasteiger partial charge in [0.1, 0.15) is 11.6 Å². The first-order valence-corrected chi connectivity index (χ1v) is 6.52. The molecule has 0 aliphatic rings. The maximum absolute atomic E-state index is 13.5. The largest absolute Gasteiger partial charge is 0.326 e. The van der Waals surface area contributed by atoms with E-state index in [-0.39, 0.29) is 5.69 Å². The Morgan fingerprint density at radius 2 is 1.95 bits per heavy atom. The van der Waals surface area contributed by atoms with E-state index in [2.05, 4.69) is 21.2 Å². The quantitative estimate of drug-likeness (QED) is 0.863. The molecule has 6 heteroatoms. The highest BCUT2D eigenvalue weighted by molar-refractivity contribution is 9.10. The molecule has 0 spiro atoms. The van der Waals surface area contributed by atoms with Gasteiger partial charge in [-0.3, -0.25) is 4.90 Å². The molecule has 1 N–H and O–H groups in total. The van der Waals surface area contributed by atoms with Crippen LogP contribution in [0, 0.1) is 11.6 Å². The van der Waals surface area contributed by atoms with Gasteiger partial charge in [-0.1, -0.05) is 22.0 Å². The van der Waals surface area contributed by atoms with Crippen molar-refractivity contribution in [2.45, 2.75) is 0 Å². The van der Waals surface area contributed by atoms with Gasteiger partial charge in [-0.25, -0.2) is 13.6 Å². The monoisotopic (exact) mass is 340 g/mol. The van der Waals surface area contributed by atoms with Crippen molar-refractivity contribution in [1.29, 1.82) is 0 Å². The van der Waals surface area contributed by atoms with Gasteiger partial charge in [-0.05, 0) is 30.3 Å². The fraction of sp³-hybridized carbons (Fsp3) is 0.0714. The van der Waals surface area contributed by atoms with Crippen LogP contribution in [0.1, 0.15) is 0 Å². The summed E-state index contributed by atoms with van der Waals surface area (Å²) >= 11 is 3.31. The van der Waals surface area contributed by atoms with Crippen molar-refractivity contribution >= 4 is 33.3 Å². The molecule has 2 amide bonds. The minimum atomic E-state index is -0.819. The zero-order valence-electron chi connectivity index (χ0n) is 10.5. The van der Waals surface area contributed by atoms with Crippen LogP contribution in [0.4, 0.5) is 25.0 Å². The molecule has 0 bridgehead atoms. The van der Waals surface area contributed by atoms with E-state index in [1.165, 1.54) is 11.0 Å². The van der Waals surface area contributed by atoms with Gasteiger partial charge >= 0.3 is 6.03 Å². The summed E-state index contributed by atoms with van der Waals surface area (Å²) in [6, 6.07) is 9.56. The lowest BCUT2D eigenvalue weighted by atomic mass is 10.3. The van der Waals surface area contributed by atoms with Crippen molar-refractivity contribution < 1.29 is 13.6 Å². The van der Waals surface area contributed by atoms with Crippen molar-refractivity contribution in [3.8, 4) is 0 Å². The zero-order valence-corrected chi connectivity index (χ0v) is 12.1. The number of nitrogens with one attached hydrogen (secondary N) is 1. The maximum atomic E-state index is 13.5. The average Bonchev–Trinajstić information content (AvgIpc) is 2.41. The van der Waals surface area contributed by atoms with Gasteiger partial charge in [-0.15, -0.1) is 0 Å². The zero-order chi connectivity index (χ0) is 14.7. The Hall–Kier alpha value is -1.95. The number of halogens is 3. The second kappa shape index (κ2) is 6.00. The van der Waals surface area contributed by atoms with Crippen LogP contribution in [0.25, 0.3) is 0 Å². The Morgan fingerprint density at radius 3 is 2.60 bits per heavy atom. The molecule has 0 aliphatic carbocycles. The molecular formula is C14H11BrF2N2O. The van der Waals surface area contributed by atoms with Crippen molar-refractivity contribution in [1.82, 2.24) is 0 Å². The molecule has 0 radical (unpaired) electrons. The summed E-state index contributed by atoms with van der Waals surface area (Å²) in [6.07, 6.45) is 0. The van der Waals surface area contributed by atoms with Crippen LogP contribution in [0.3, 0.4) is 0 Å². The second-order valence-corrected chi connectivity index (χ2v) is 5.01. The average molecular weight is 341 g/mol. The molecule has 0 aliphatic heterocycles. The van der Waals surface area contributed by atoms with E-state index in [0.717, 1.165) is 10.5 Å². The summed E-state index contributed by atoms with van der Waals surface area (Å²) in [5.41, 5.74) is 0.567. The Bertz CT molecular complexity index is 649. The van der Waals surface area contributed by atoms with Gasteiger partial charge in [0.2, 0.25) is 0 Å². The number of urea groups is 1. The van der Waals surface area contributed by atoms with E-state index in [0.29, 0.717) is 11.8 Å². The van der Waals surface area contributed by atoms with Gasteiger partial charge < -0.3 is 5.32 Å². The molecule has 0 saturated heterocycles. The second-order valence-electron chi connectivity index (χ2n) is 4.09. The number of benzene rings is 2.